The number of carbonyl (C=O) groups is 2. The Morgan fingerprint density at radius 3 is 2.62 bits per heavy atom. The van der Waals surface area contributed by atoms with E-state index in [2.05, 4.69) is 10.3 Å². The maximum Gasteiger partial charge on any atom is 0.326 e. The zero-order valence-corrected chi connectivity index (χ0v) is 14.2. The van der Waals surface area contributed by atoms with Crippen molar-refractivity contribution in [1.82, 2.24) is 5.32 Å². The van der Waals surface area contributed by atoms with Crippen LogP contribution in [-0.4, -0.2) is 42.1 Å². The highest BCUT2D eigenvalue weighted by atomic mass is 35.5. The Labute approximate surface area is 148 Å². The highest BCUT2D eigenvalue weighted by Gasteiger charge is 2.19. The van der Waals surface area contributed by atoms with E-state index in [1.54, 1.807) is 6.07 Å². The number of hydrogen-bond donors (Lipinski definition) is 4. The molecule has 24 heavy (non-hydrogen) atoms. The number of benzene rings is 1. The zero-order chi connectivity index (χ0) is 18.1. The number of guanidine groups is 1. The van der Waals surface area contributed by atoms with E-state index < -0.39 is 17.9 Å². The fraction of sp³-hybridized carbons (Fsp3) is 0.357. The number of carboxylic acid groups (broad SMARTS) is 1. The van der Waals surface area contributed by atoms with E-state index >= 15 is 0 Å². The van der Waals surface area contributed by atoms with Gasteiger partial charge in [0.2, 0.25) is 0 Å². The van der Waals surface area contributed by atoms with Gasteiger partial charge in [-0.1, -0.05) is 23.2 Å². The van der Waals surface area contributed by atoms with Gasteiger partial charge in [0.1, 0.15) is 11.8 Å². The number of halogens is 2. The number of ether oxygens (including phenoxy) is 1. The van der Waals surface area contributed by atoms with Crippen LogP contribution in [0, 0.1) is 0 Å². The number of rotatable bonds is 9. The second-order valence-electron chi connectivity index (χ2n) is 4.77. The van der Waals surface area contributed by atoms with Crippen molar-refractivity contribution in [3.8, 4) is 5.75 Å². The molecule has 0 saturated carbocycles. The van der Waals surface area contributed by atoms with Gasteiger partial charge in [-0.05, 0) is 31.0 Å². The second-order valence-corrected chi connectivity index (χ2v) is 5.61. The van der Waals surface area contributed by atoms with Crippen LogP contribution >= 0.6 is 23.2 Å². The molecule has 0 spiro atoms. The van der Waals surface area contributed by atoms with E-state index in [9.17, 15) is 9.59 Å². The summed E-state index contributed by atoms with van der Waals surface area (Å²) >= 11 is 11.7. The fourth-order valence-electron chi connectivity index (χ4n) is 1.73. The molecule has 0 aliphatic heterocycles. The monoisotopic (exact) mass is 376 g/mol. The molecule has 0 bridgehead atoms. The normalized spacial score (nSPS) is 11.4. The van der Waals surface area contributed by atoms with Gasteiger partial charge in [-0.15, -0.1) is 0 Å². The van der Waals surface area contributed by atoms with E-state index in [1.165, 1.54) is 12.1 Å². The van der Waals surface area contributed by atoms with E-state index in [-0.39, 0.29) is 36.3 Å². The number of nitrogens with zero attached hydrogens (tertiary/aromatic N) is 1. The standard InChI is InChI=1S/C14H18Cl2N4O4/c15-8-3-4-11(9(16)6-8)24-7-12(21)20-10(13(22)23)2-1-5-19-14(17)18/h3-4,6,10H,1-2,5,7H2,(H,20,21)(H,22,23)(H4,17,18,19). The number of aliphatic carboxylic acids is 1. The molecule has 0 aromatic heterocycles. The molecule has 0 fully saturated rings. The van der Waals surface area contributed by atoms with Crippen LogP contribution < -0.4 is 21.5 Å². The molecule has 1 aromatic rings. The number of nitrogens with one attached hydrogen (secondary N) is 1. The molecule has 0 aliphatic rings. The van der Waals surface area contributed by atoms with Gasteiger partial charge < -0.3 is 26.6 Å². The Hall–Kier alpha value is -2.19. The molecule has 1 atom stereocenters. The van der Waals surface area contributed by atoms with Crippen LogP contribution in [-0.2, 0) is 9.59 Å². The summed E-state index contributed by atoms with van der Waals surface area (Å²) in [6.45, 7) is -0.0993. The summed E-state index contributed by atoms with van der Waals surface area (Å²) in [5.74, 6) is -1.54. The van der Waals surface area contributed by atoms with Gasteiger partial charge in [-0.3, -0.25) is 9.79 Å². The molecule has 10 heteroatoms. The van der Waals surface area contributed by atoms with Crippen molar-refractivity contribution in [3.63, 3.8) is 0 Å². The maximum atomic E-state index is 11.8. The number of nitrogens with two attached hydrogens (primary N) is 2. The van der Waals surface area contributed by atoms with Crippen LogP contribution in [0.25, 0.3) is 0 Å². The number of carbonyl (C=O) groups excluding carboxylic acids is 1. The van der Waals surface area contributed by atoms with Crippen molar-refractivity contribution < 1.29 is 19.4 Å². The predicted molar refractivity (Wildman–Crippen MR) is 91.4 cm³/mol. The Morgan fingerprint density at radius 1 is 1.33 bits per heavy atom. The molecular weight excluding hydrogens is 359 g/mol. The summed E-state index contributed by atoms with van der Waals surface area (Å²) in [7, 11) is 0. The third-order valence-corrected chi connectivity index (χ3v) is 3.36. The SMILES string of the molecule is NC(N)=NCCCC(NC(=O)COc1ccc(Cl)cc1Cl)C(=O)O. The van der Waals surface area contributed by atoms with Crippen molar-refractivity contribution in [2.75, 3.05) is 13.2 Å². The third-order valence-electron chi connectivity index (χ3n) is 2.83. The molecule has 0 radical (unpaired) electrons. The largest absolute Gasteiger partial charge is 0.482 e. The van der Waals surface area contributed by atoms with Crippen molar-refractivity contribution in [3.05, 3.63) is 28.2 Å². The minimum absolute atomic E-state index is 0.0702. The predicted octanol–water partition coefficient (Wildman–Crippen LogP) is 0.995. The molecule has 0 heterocycles. The number of aliphatic imine (C=N–C) groups is 1. The fourth-order valence-corrected chi connectivity index (χ4v) is 2.20. The van der Waals surface area contributed by atoms with Gasteiger partial charge >= 0.3 is 5.97 Å². The Morgan fingerprint density at radius 2 is 2.04 bits per heavy atom. The molecule has 1 amide bonds. The van der Waals surface area contributed by atoms with Gasteiger partial charge in [-0.2, -0.15) is 0 Å². The first-order valence-electron chi connectivity index (χ1n) is 6.95. The molecule has 0 aliphatic carbocycles. The van der Waals surface area contributed by atoms with Crippen LogP contribution in [0.3, 0.4) is 0 Å². The van der Waals surface area contributed by atoms with Crippen molar-refractivity contribution in [2.24, 2.45) is 16.5 Å². The van der Waals surface area contributed by atoms with E-state index in [1.807, 2.05) is 0 Å². The highest BCUT2D eigenvalue weighted by molar-refractivity contribution is 6.35. The van der Waals surface area contributed by atoms with Crippen molar-refractivity contribution in [2.45, 2.75) is 18.9 Å². The minimum Gasteiger partial charge on any atom is -0.482 e. The molecule has 1 rings (SSSR count). The summed E-state index contributed by atoms with van der Waals surface area (Å²) in [4.78, 5) is 26.7. The minimum atomic E-state index is -1.16. The average molecular weight is 377 g/mol. The second kappa shape index (κ2) is 9.84. The van der Waals surface area contributed by atoms with Crippen LogP contribution in [0.5, 0.6) is 5.75 Å². The molecule has 1 aromatic carbocycles. The molecule has 132 valence electrons. The number of carboxylic acids is 1. The number of amides is 1. The zero-order valence-electron chi connectivity index (χ0n) is 12.7. The lowest BCUT2D eigenvalue weighted by Crippen LogP contribution is -2.43. The summed E-state index contributed by atoms with van der Waals surface area (Å²) in [6.07, 6.45) is 0.582. The average Bonchev–Trinajstić information content (AvgIpc) is 2.49. The Kier molecular flexibility index (Phi) is 8.14. The summed E-state index contributed by atoms with van der Waals surface area (Å²) in [5, 5.41) is 12.2. The van der Waals surface area contributed by atoms with Crippen LogP contribution in [0.1, 0.15) is 12.8 Å². The van der Waals surface area contributed by atoms with E-state index in [0.29, 0.717) is 11.4 Å². The molecule has 6 N–H and O–H groups in total. The van der Waals surface area contributed by atoms with Crippen LogP contribution in [0.2, 0.25) is 10.0 Å². The summed E-state index contributed by atoms with van der Waals surface area (Å²) in [5.41, 5.74) is 10.3. The first kappa shape index (κ1) is 19.9. The molecule has 0 saturated heterocycles. The van der Waals surface area contributed by atoms with Crippen LogP contribution in [0.15, 0.2) is 23.2 Å². The quantitative estimate of drug-likeness (QED) is 0.287. The van der Waals surface area contributed by atoms with E-state index in [0.717, 1.165) is 0 Å². The topological polar surface area (TPSA) is 140 Å². The molecule has 1 unspecified atom stereocenters. The van der Waals surface area contributed by atoms with E-state index in [4.69, 9.17) is 44.5 Å². The lowest BCUT2D eigenvalue weighted by Gasteiger charge is -2.14. The van der Waals surface area contributed by atoms with Gasteiger partial charge in [0.15, 0.2) is 12.6 Å². The maximum absolute atomic E-state index is 11.8. The summed E-state index contributed by atoms with van der Waals surface area (Å²) in [6, 6.07) is 3.49. The van der Waals surface area contributed by atoms with Gasteiger partial charge in [0.25, 0.3) is 5.91 Å². The summed E-state index contributed by atoms with van der Waals surface area (Å²) < 4.78 is 5.24. The van der Waals surface area contributed by atoms with Crippen LogP contribution in [0.4, 0.5) is 0 Å². The first-order valence-corrected chi connectivity index (χ1v) is 7.70. The number of hydrogen-bond acceptors (Lipinski definition) is 4. The Balaban J connectivity index is 2.47. The van der Waals surface area contributed by atoms with Gasteiger partial charge in [0.05, 0.1) is 5.02 Å². The lowest BCUT2D eigenvalue weighted by molar-refractivity contribution is -0.142. The van der Waals surface area contributed by atoms with Gasteiger partial charge in [0, 0.05) is 11.6 Å². The third kappa shape index (κ3) is 7.38. The molecular formula is C14H18Cl2N4O4. The van der Waals surface area contributed by atoms with Crippen molar-refractivity contribution in [1.29, 1.82) is 0 Å². The van der Waals surface area contributed by atoms with Crippen molar-refractivity contribution >= 4 is 41.0 Å². The smallest absolute Gasteiger partial charge is 0.326 e. The Bertz CT molecular complexity index is 621. The molecule has 8 nitrogen and oxygen atoms in total. The van der Waals surface area contributed by atoms with Gasteiger partial charge in [-0.25, -0.2) is 4.79 Å². The first-order chi connectivity index (χ1) is 11.3. The highest BCUT2D eigenvalue weighted by Crippen LogP contribution is 2.27. The lowest BCUT2D eigenvalue weighted by atomic mass is 10.1.